The maximum Gasteiger partial charge on any atom is 0.237 e. The Kier molecular flexibility index (Phi) is 3.06. The lowest BCUT2D eigenvalue weighted by Gasteiger charge is -2.13. The van der Waals surface area contributed by atoms with E-state index in [9.17, 15) is 0 Å². The van der Waals surface area contributed by atoms with Gasteiger partial charge in [0.2, 0.25) is 5.88 Å². The molecule has 0 aliphatic rings. The Morgan fingerprint density at radius 1 is 1.35 bits per heavy atom. The first-order valence-corrected chi connectivity index (χ1v) is 5.24. The highest BCUT2D eigenvalue weighted by Gasteiger charge is 2.20. The van der Waals surface area contributed by atoms with Gasteiger partial charge in [0.1, 0.15) is 5.69 Å². The van der Waals surface area contributed by atoms with Crippen LogP contribution in [-0.2, 0) is 7.05 Å². The number of aromatic nitrogens is 4. The molecule has 2 aromatic rings. The summed E-state index contributed by atoms with van der Waals surface area (Å²) in [4.78, 5) is 8.31. The minimum atomic E-state index is -0.382. The predicted octanol–water partition coefficient (Wildman–Crippen LogP) is 0.575. The van der Waals surface area contributed by atoms with Crippen molar-refractivity contribution in [2.45, 2.75) is 13.0 Å². The van der Waals surface area contributed by atoms with Gasteiger partial charge < -0.3 is 10.5 Å². The summed E-state index contributed by atoms with van der Waals surface area (Å²) in [7, 11) is 3.43. The number of hydrogen-bond donors (Lipinski definition) is 1. The van der Waals surface area contributed by atoms with Gasteiger partial charge in [-0.25, -0.2) is 4.98 Å². The van der Waals surface area contributed by atoms with Crippen LogP contribution in [0.25, 0.3) is 0 Å². The van der Waals surface area contributed by atoms with E-state index in [0.29, 0.717) is 11.6 Å². The summed E-state index contributed by atoms with van der Waals surface area (Å²) in [6.45, 7) is 1.96. The molecule has 6 heteroatoms. The van der Waals surface area contributed by atoms with Gasteiger partial charge in [0.05, 0.1) is 19.3 Å². The minimum Gasteiger partial charge on any atom is -0.480 e. The average molecular weight is 233 g/mol. The quantitative estimate of drug-likeness (QED) is 0.838. The maximum absolute atomic E-state index is 6.17. The zero-order chi connectivity index (χ0) is 12.4. The van der Waals surface area contributed by atoms with Crippen molar-refractivity contribution in [2.24, 2.45) is 12.8 Å². The second-order valence-corrected chi connectivity index (χ2v) is 3.74. The Bertz CT molecular complexity index is 522. The van der Waals surface area contributed by atoms with Gasteiger partial charge in [0, 0.05) is 30.7 Å². The fourth-order valence-corrected chi connectivity index (χ4v) is 1.67. The number of methoxy groups -OCH3 is 1. The van der Waals surface area contributed by atoms with E-state index in [1.807, 2.05) is 14.0 Å². The second kappa shape index (κ2) is 4.50. The van der Waals surface area contributed by atoms with Crippen LogP contribution in [-0.4, -0.2) is 26.9 Å². The fourth-order valence-electron chi connectivity index (χ4n) is 1.67. The van der Waals surface area contributed by atoms with Gasteiger partial charge in [0.15, 0.2) is 0 Å². The van der Waals surface area contributed by atoms with Crippen LogP contribution in [0, 0.1) is 6.92 Å². The number of ether oxygens (including phenoxy) is 1. The van der Waals surface area contributed by atoms with E-state index in [4.69, 9.17) is 10.5 Å². The first-order chi connectivity index (χ1) is 8.15. The molecule has 17 heavy (non-hydrogen) atoms. The third kappa shape index (κ3) is 1.99. The Hall–Kier alpha value is -1.95. The van der Waals surface area contributed by atoms with Crippen LogP contribution in [0.2, 0.25) is 0 Å². The van der Waals surface area contributed by atoms with E-state index in [0.717, 1.165) is 11.3 Å². The zero-order valence-electron chi connectivity index (χ0n) is 10.1. The Balaban J connectivity index is 2.43. The molecule has 0 bridgehead atoms. The van der Waals surface area contributed by atoms with Crippen LogP contribution >= 0.6 is 0 Å². The van der Waals surface area contributed by atoms with Crippen LogP contribution in [0.1, 0.15) is 23.0 Å². The molecule has 90 valence electrons. The van der Waals surface area contributed by atoms with Crippen molar-refractivity contribution >= 4 is 0 Å². The molecule has 1 unspecified atom stereocenters. The lowest BCUT2D eigenvalue weighted by atomic mass is 10.1. The molecule has 0 aromatic carbocycles. The normalized spacial score (nSPS) is 12.5. The van der Waals surface area contributed by atoms with Crippen LogP contribution in [0.5, 0.6) is 5.88 Å². The van der Waals surface area contributed by atoms with Crippen molar-refractivity contribution in [3.63, 3.8) is 0 Å². The SMILES string of the molecule is COc1nccnc1C(N)c1cnn(C)c1C. The summed E-state index contributed by atoms with van der Waals surface area (Å²) < 4.78 is 6.93. The van der Waals surface area contributed by atoms with E-state index in [-0.39, 0.29) is 6.04 Å². The highest BCUT2D eigenvalue weighted by molar-refractivity contribution is 5.33. The average Bonchev–Trinajstić information content (AvgIpc) is 2.69. The van der Waals surface area contributed by atoms with Gasteiger partial charge in [0.25, 0.3) is 0 Å². The van der Waals surface area contributed by atoms with Crippen molar-refractivity contribution in [1.29, 1.82) is 0 Å². The van der Waals surface area contributed by atoms with Gasteiger partial charge >= 0.3 is 0 Å². The summed E-state index contributed by atoms with van der Waals surface area (Å²) >= 11 is 0. The van der Waals surface area contributed by atoms with Crippen molar-refractivity contribution in [3.8, 4) is 5.88 Å². The molecule has 6 nitrogen and oxygen atoms in total. The molecule has 0 saturated heterocycles. The number of hydrogen-bond acceptors (Lipinski definition) is 5. The minimum absolute atomic E-state index is 0.382. The molecule has 0 amide bonds. The summed E-state index contributed by atoms with van der Waals surface area (Å²) in [5.74, 6) is 0.447. The van der Waals surface area contributed by atoms with Crippen molar-refractivity contribution < 1.29 is 4.74 Å². The summed E-state index contributed by atoms with van der Waals surface area (Å²) in [6, 6.07) is -0.382. The first kappa shape index (κ1) is 11.5. The molecule has 0 fully saturated rings. The molecular formula is C11H15N5O. The Labute approximate surface area is 99.4 Å². The highest BCUT2D eigenvalue weighted by atomic mass is 16.5. The molecule has 0 aliphatic heterocycles. The predicted molar refractivity (Wildman–Crippen MR) is 62.6 cm³/mol. The van der Waals surface area contributed by atoms with Crippen LogP contribution in [0.4, 0.5) is 0 Å². The number of aryl methyl sites for hydroxylation is 1. The summed E-state index contributed by atoms with van der Waals surface area (Å²) in [5.41, 5.74) is 8.72. The van der Waals surface area contributed by atoms with E-state index >= 15 is 0 Å². The van der Waals surface area contributed by atoms with Gasteiger partial charge in [-0.1, -0.05) is 0 Å². The number of nitrogens with two attached hydrogens (primary N) is 1. The third-order valence-corrected chi connectivity index (χ3v) is 2.79. The lowest BCUT2D eigenvalue weighted by molar-refractivity contribution is 0.387. The van der Waals surface area contributed by atoms with Crippen LogP contribution in [0.15, 0.2) is 18.6 Å². The van der Waals surface area contributed by atoms with Gasteiger partial charge in [-0.2, -0.15) is 5.10 Å². The van der Waals surface area contributed by atoms with Crippen molar-refractivity contribution in [3.05, 3.63) is 35.5 Å². The molecule has 2 aromatic heterocycles. The maximum atomic E-state index is 6.17. The molecule has 2 heterocycles. The van der Waals surface area contributed by atoms with Gasteiger partial charge in [-0.15, -0.1) is 0 Å². The standard InChI is InChI=1S/C11H15N5O/c1-7-8(6-15-16(7)2)9(12)10-11(17-3)14-5-4-13-10/h4-6,9H,12H2,1-3H3. The molecule has 2 N–H and O–H groups in total. The molecule has 2 rings (SSSR count). The van der Waals surface area contributed by atoms with E-state index in [1.54, 1.807) is 30.4 Å². The van der Waals surface area contributed by atoms with Crippen molar-refractivity contribution in [2.75, 3.05) is 7.11 Å². The van der Waals surface area contributed by atoms with Gasteiger partial charge in [-0.05, 0) is 6.92 Å². The zero-order valence-corrected chi connectivity index (χ0v) is 10.1. The van der Waals surface area contributed by atoms with E-state index < -0.39 is 0 Å². The molecule has 0 spiro atoms. The molecule has 1 atom stereocenters. The smallest absolute Gasteiger partial charge is 0.237 e. The monoisotopic (exact) mass is 233 g/mol. The molecule has 0 radical (unpaired) electrons. The first-order valence-electron chi connectivity index (χ1n) is 5.24. The van der Waals surface area contributed by atoms with Crippen LogP contribution in [0.3, 0.4) is 0 Å². The Morgan fingerprint density at radius 2 is 2.06 bits per heavy atom. The summed E-state index contributed by atoms with van der Waals surface area (Å²) in [6.07, 6.45) is 4.92. The summed E-state index contributed by atoms with van der Waals surface area (Å²) in [5, 5.41) is 4.17. The second-order valence-electron chi connectivity index (χ2n) is 3.74. The highest BCUT2D eigenvalue weighted by Crippen LogP contribution is 2.25. The third-order valence-electron chi connectivity index (χ3n) is 2.79. The molecular weight excluding hydrogens is 218 g/mol. The number of rotatable bonds is 3. The topological polar surface area (TPSA) is 78.8 Å². The van der Waals surface area contributed by atoms with Crippen LogP contribution < -0.4 is 10.5 Å². The largest absolute Gasteiger partial charge is 0.480 e. The Morgan fingerprint density at radius 3 is 2.65 bits per heavy atom. The molecule has 0 aliphatic carbocycles. The van der Waals surface area contributed by atoms with E-state index in [2.05, 4.69) is 15.1 Å². The molecule has 0 saturated carbocycles. The lowest BCUT2D eigenvalue weighted by Crippen LogP contribution is -2.16. The van der Waals surface area contributed by atoms with Gasteiger partial charge in [-0.3, -0.25) is 9.67 Å². The van der Waals surface area contributed by atoms with Crippen molar-refractivity contribution in [1.82, 2.24) is 19.7 Å². The fraction of sp³-hybridized carbons (Fsp3) is 0.364. The number of nitrogens with zero attached hydrogens (tertiary/aromatic N) is 4. The van der Waals surface area contributed by atoms with E-state index in [1.165, 1.54) is 0 Å².